The van der Waals surface area contributed by atoms with Gasteiger partial charge >= 0.3 is 0 Å². The molecule has 76 valence electrons. The minimum atomic E-state index is 0.930. The Hall–Kier alpha value is -0.0900. The Bertz CT molecular complexity index is 273. The van der Waals surface area contributed by atoms with Gasteiger partial charge in [-0.15, -0.1) is 0 Å². The fraction of sp³-hybridized carbons (Fsp3) is 0.500. The number of alkyl halides is 1. The molecule has 1 nitrogen and oxygen atoms in total. The summed E-state index contributed by atoms with van der Waals surface area (Å²) in [4.78, 5) is 2.57. The molecule has 0 radical (unpaired) electrons. The topological polar surface area (TPSA) is 3.24 Å². The van der Waals surface area contributed by atoms with Crippen LogP contribution in [0.1, 0.15) is 12.0 Å². The Morgan fingerprint density at radius 2 is 2.07 bits per heavy atom. The average Bonchev–Trinajstić information content (AvgIpc) is 2.67. The van der Waals surface area contributed by atoms with E-state index in [-0.39, 0.29) is 0 Å². The molecule has 0 saturated carbocycles. The Morgan fingerprint density at radius 1 is 1.29 bits per heavy atom. The van der Waals surface area contributed by atoms with Gasteiger partial charge in [-0.25, -0.2) is 0 Å². The molecule has 2 rings (SSSR count). The molecule has 1 saturated heterocycles. The molecule has 14 heavy (non-hydrogen) atoms. The highest BCUT2D eigenvalue weighted by Gasteiger charge is 2.20. The van der Waals surface area contributed by atoms with Crippen LogP contribution in [0.25, 0.3) is 0 Å². The number of likely N-dealkylation sites (tertiary alicyclic amines) is 1. The smallest absolute Gasteiger partial charge is 0.0233 e. The van der Waals surface area contributed by atoms with Crippen molar-refractivity contribution in [1.29, 1.82) is 0 Å². The fourth-order valence-electron chi connectivity index (χ4n) is 2.02. The van der Waals surface area contributed by atoms with Crippen LogP contribution < -0.4 is 0 Å². The third-order valence-corrected chi connectivity index (χ3v) is 4.08. The maximum Gasteiger partial charge on any atom is 0.0233 e. The van der Waals surface area contributed by atoms with Crippen LogP contribution in [0.2, 0.25) is 0 Å². The van der Waals surface area contributed by atoms with E-state index in [9.17, 15) is 0 Å². The third-order valence-electron chi connectivity index (χ3n) is 2.84. The first-order valence-electron chi connectivity index (χ1n) is 5.20. The van der Waals surface area contributed by atoms with Crippen LogP contribution in [0.15, 0.2) is 30.3 Å². The molecule has 1 fully saturated rings. The van der Waals surface area contributed by atoms with E-state index >= 15 is 0 Å². The summed E-state index contributed by atoms with van der Waals surface area (Å²) in [7, 11) is 0. The Labute approximate surface area is 99.6 Å². The van der Waals surface area contributed by atoms with Crippen LogP contribution >= 0.6 is 22.6 Å². The fourth-order valence-corrected chi connectivity index (χ4v) is 2.74. The second-order valence-corrected chi connectivity index (χ2v) is 4.91. The third kappa shape index (κ3) is 2.70. The number of rotatable bonds is 3. The molecule has 0 aromatic heterocycles. The van der Waals surface area contributed by atoms with Gasteiger partial charge in [-0.05, 0) is 24.4 Å². The van der Waals surface area contributed by atoms with Crippen molar-refractivity contribution in [3.63, 3.8) is 0 Å². The lowest BCUT2D eigenvalue weighted by Crippen LogP contribution is -2.20. The SMILES string of the molecule is ICC1CCN(Cc2ccccc2)C1. The average molecular weight is 301 g/mol. The number of nitrogens with zero attached hydrogens (tertiary/aromatic N) is 1. The monoisotopic (exact) mass is 301 g/mol. The molecule has 1 aromatic carbocycles. The van der Waals surface area contributed by atoms with Gasteiger partial charge < -0.3 is 0 Å². The molecule has 1 unspecified atom stereocenters. The van der Waals surface area contributed by atoms with Crippen molar-refractivity contribution in [2.24, 2.45) is 5.92 Å². The number of halogens is 1. The normalized spacial score (nSPS) is 22.8. The first-order chi connectivity index (χ1) is 6.88. The van der Waals surface area contributed by atoms with E-state index in [1.54, 1.807) is 0 Å². The van der Waals surface area contributed by atoms with E-state index in [0.717, 1.165) is 12.5 Å². The summed E-state index contributed by atoms with van der Waals surface area (Å²) in [6.45, 7) is 3.70. The van der Waals surface area contributed by atoms with E-state index in [4.69, 9.17) is 0 Å². The van der Waals surface area contributed by atoms with Gasteiger partial charge in [0, 0.05) is 17.5 Å². The van der Waals surface area contributed by atoms with Gasteiger partial charge in [-0.3, -0.25) is 4.90 Å². The van der Waals surface area contributed by atoms with E-state index < -0.39 is 0 Å². The molecule has 0 spiro atoms. The molecular formula is C12H16IN. The van der Waals surface area contributed by atoms with Gasteiger partial charge in [-0.1, -0.05) is 52.9 Å². The lowest BCUT2D eigenvalue weighted by molar-refractivity contribution is 0.321. The van der Waals surface area contributed by atoms with Gasteiger partial charge in [-0.2, -0.15) is 0 Å². The summed E-state index contributed by atoms with van der Waals surface area (Å²) >= 11 is 2.50. The molecular weight excluding hydrogens is 285 g/mol. The second-order valence-electron chi connectivity index (χ2n) is 4.03. The van der Waals surface area contributed by atoms with Crippen molar-refractivity contribution in [1.82, 2.24) is 4.90 Å². The highest BCUT2D eigenvalue weighted by molar-refractivity contribution is 14.1. The van der Waals surface area contributed by atoms with E-state index in [0.29, 0.717) is 0 Å². The molecule has 1 aromatic rings. The molecule has 1 aliphatic heterocycles. The predicted octanol–water partition coefficient (Wildman–Crippen LogP) is 2.94. The minimum absolute atomic E-state index is 0.930. The van der Waals surface area contributed by atoms with Crippen LogP contribution in [0.5, 0.6) is 0 Å². The van der Waals surface area contributed by atoms with E-state index in [1.807, 2.05) is 0 Å². The largest absolute Gasteiger partial charge is 0.299 e. The zero-order valence-corrected chi connectivity index (χ0v) is 10.5. The van der Waals surface area contributed by atoms with Gasteiger partial charge in [0.15, 0.2) is 0 Å². The van der Waals surface area contributed by atoms with E-state index in [2.05, 4.69) is 57.8 Å². The van der Waals surface area contributed by atoms with Crippen molar-refractivity contribution in [3.05, 3.63) is 35.9 Å². The van der Waals surface area contributed by atoms with E-state index in [1.165, 1.54) is 29.5 Å². The first-order valence-corrected chi connectivity index (χ1v) is 6.73. The van der Waals surface area contributed by atoms with Crippen LogP contribution in [-0.4, -0.2) is 22.4 Å². The van der Waals surface area contributed by atoms with Crippen molar-refractivity contribution >= 4 is 22.6 Å². The zero-order valence-electron chi connectivity index (χ0n) is 8.32. The van der Waals surface area contributed by atoms with Crippen LogP contribution in [0, 0.1) is 5.92 Å². The molecule has 0 aliphatic carbocycles. The predicted molar refractivity (Wildman–Crippen MR) is 68.7 cm³/mol. The lowest BCUT2D eigenvalue weighted by atomic mass is 10.2. The highest BCUT2D eigenvalue weighted by Crippen LogP contribution is 2.20. The number of hydrogen-bond acceptors (Lipinski definition) is 1. The Morgan fingerprint density at radius 3 is 2.71 bits per heavy atom. The Kier molecular flexibility index (Phi) is 3.81. The van der Waals surface area contributed by atoms with Crippen LogP contribution in [0.3, 0.4) is 0 Å². The summed E-state index contributed by atoms with van der Waals surface area (Å²) in [5.74, 6) is 0.930. The molecule has 1 aliphatic rings. The maximum absolute atomic E-state index is 2.57. The van der Waals surface area contributed by atoms with Gasteiger partial charge in [0.25, 0.3) is 0 Å². The van der Waals surface area contributed by atoms with Gasteiger partial charge in [0.05, 0.1) is 0 Å². The van der Waals surface area contributed by atoms with Crippen molar-refractivity contribution in [2.45, 2.75) is 13.0 Å². The molecule has 1 atom stereocenters. The summed E-state index contributed by atoms with van der Waals surface area (Å²) < 4.78 is 1.31. The first kappa shape index (κ1) is 10.4. The summed E-state index contributed by atoms with van der Waals surface area (Å²) in [6.07, 6.45) is 1.38. The summed E-state index contributed by atoms with van der Waals surface area (Å²) in [6, 6.07) is 10.8. The van der Waals surface area contributed by atoms with Crippen molar-refractivity contribution < 1.29 is 0 Å². The van der Waals surface area contributed by atoms with Crippen molar-refractivity contribution in [3.8, 4) is 0 Å². The molecule has 0 amide bonds. The zero-order chi connectivity index (χ0) is 9.80. The standard InChI is InChI=1S/C12H16IN/c13-8-12-6-7-14(10-12)9-11-4-2-1-3-5-11/h1-5,12H,6-10H2. The molecule has 2 heteroatoms. The maximum atomic E-state index is 2.57. The second kappa shape index (κ2) is 5.12. The van der Waals surface area contributed by atoms with Gasteiger partial charge in [0.1, 0.15) is 0 Å². The number of benzene rings is 1. The molecule has 0 bridgehead atoms. The minimum Gasteiger partial charge on any atom is -0.299 e. The van der Waals surface area contributed by atoms with Crippen molar-refractivity contribution in [2.75, 3.05) is 17.5 Å². The number of hydrogen-bond donors (Lipinski definition) is 0. The van der Waals surface area contributed by atoms with Crippen LogP contribution in [0.4, 0.5) is 0 Å². The lowest BCUT2D eigenvalue weighted by Gasteiger charge is -2.15. The Balaban J connectivity index is 1.88. The summed E-state index contributed by atoms with van der Waals surface area (Å²) in [5, 5.41) is 0. The quantitative estimate of drug-likeness (QED) is 0.613. The van der Waals surface area contributed by atoms with Crippen LogP contribution in [-0.2, 0) is 6.54 Å². The highest BCUT2D eigenvalue weighted by atomic mass is 127. The molecule has 0 N–H and O–H groups in total. The summed E-state index contributed by atoms with van der Waals surface area (Å²) in [5.41, 5.74) is 1.45. The van der Waals surface area contributed by atoms with Gasteiger partial charge in [0.2, 0.25) is 0 Å². The molecule has 1 heterocycles.